The molecule has 3 rings (SSSR count). The molecular weight excluding hydrogens is 462 g/mol. The largest absolute Gasteiger partial charge is 0.493 e. The minimum atomic E-state index is 0.724. The molecule has 0 aromatic heterocycles. The Morgan fingerprint density at radius 2 is 1.81 bits per heavy atom. The van der Waals surface area contributed by atoms with Crippen LogP contribution in [0.15, 0.2) is 37.7 Å². The number of nitrogens with one attached hydrogen (secondary N) is 1. The van der Waals surface area contributed by atoms with Gasteiger partial charge in [0, 0.05) is 31.9 Å². The molecule has 0 radical (unpaired) electrons. The lowest BCUT2D eigenvalue weighted by Gasteiger charge is -2.14. The maximum atomic E-state index is 5.77. The standard InChI is InChI=1S/C16H14Br3NO/c1-9-4-13(18)15(14(19)5-9)20-8-11-7-12(17)6-10-2-3-21-16(10)11/h4-7,20H,2-3,8H2,1H3. The number of hydrogen-bond acceptors (Lipinski definition) is 2. The third-order valence-electron chi connectivity index (χ3n) is 3.47. The summed E-state index contributed by atoms with van der Waals surface area (Å²) < 4.78 is 8.99. The van der Waals surface area contributed by atoms with Gasteiger partial charge in [0.05, 0.1) is 12.3 Å². The minimum Gasteiger partial charge on any atom is -0.493 e. The summed E-state index contributed by atoms with van der Waals surface area (Å²) in [6.45, 7) is 3.58. The van der Waals surface area contributed by atoms with Crippen LogP contribution in [0.4, 0.5) is 5.69 Å². The summed E-state index contributed by atoms with van der Waals surface area (Å²) >= 11 is 10.8. The molecule has 0 spiro atoms. The molecule has 1 N–H and O–H groups in total. The van der Waals surface area contributed by atoms with E-state index in [0.717, 1.165) is 44.4 Å². The van der Waals surface area contributed by atoms with Crippen LogP contribution >= 0.6 is 47.8 Å². The molecule has 0 unspecified atom stereocenters. The van der Waals surface area contributed by atoms with Gasteiger partial charge in [0.15, 0.2) is 0 Å². The van der Waals surface area contributed by atoms with Gasteiger partial charge in [-0.05, 0) is 74.2 Å². The van der Waals surface area contributed by atoms with Gasteiger partial charge in [-0.2, -0.15) is 0 Å². The van der Waals surface area contributed by atoms with Crippen LogP contribution < -0.4 is 10.1 Å². The van der Waals surface area contributed by atoms with Crippen LogP contribution in [-0.2, 0) is 13.0 Å². The first-order chi connectivity index (χ1) is 10.0. The first kappa shape index (κ1) is 15.4. The van der Waals surface area contributed by atoms with E-state index in [0.29, 0.717) is 0 Å². The summed E-state index contributed by atoms with van der Waals surface area (Å²) in [6.07, 6.45) is 0.986. The Hall–Kier alpha value is -0.520. The van der Waals surface area contributed by atoms with Crippen molar-refractivity contribution in [1.82, 2.24) is 0 Å². The van der Waals surface area contributed by atoms with E-state index in [2.05, 4.69) is 84.3 Å². The van der Waals surface area contributed by atoms with Crippen molar-refractivity contribution in [2.45, 2.75) is 19.9 Å². The highest BCUT2D eigenvalue weighted by Gasteiger charge is 2.17. The van der Waals surface area contributed by atoms with E-state index in [1.165, 1.54) is 16.7 Å². The van der Waals surface area contributed by atoms with Gasteiger partial charge in [-0.25, -0.2) is 0 Å². The van der Waals surface area contributed by atoms with Gasteiger partial charge in [-0.3, -0.25) is 0 Å². The molecule has 0 aliphatic carbocycles. The molecule has 21 heavy (non-hydrogen) atoms. The molecule has 0 atom stereocenters. The number of anilines is 1. The lowest BCUT2D eigenvalue weighted by atomic mass is 10.1. The monoisotopic (exact) mass is 473 g/mol. The smallest absolute Gasteiger partial charge is 0.127 e. The predicted octanol–water partition coefficient (Wildman–Crippen LogP) is 5.83. The number of benzene rings is 2. The Morgan fingerprint density at radius 3 is 2.52 bits per heavy atom. The molecule has 0 saturated heterocycles. The lowest BCUT2D eigenvalue weighted by Crippen LogP contribution is -2.03. The fraction of sp³-hybridized carbons (Fsp3) is 0.250. The molecule has 0 amide bonds. The average molecular weight is 476 g/mol. The number of hydrogen-bond donors (Lipinski definition) is 1. The highest BCUT2D eigenvalue weighted by molar-refractivity contribution is 9.11. The number of ether oxygens (including phenoxy) is 1. The third kappa shape index (κ3) is 3.30. The fourth-order valence-corrected chi connectivity index (χ4v) is 4.78. The molecule has 2 aromatic rings. The molecule has 5 heteroatoms. The highest BCUT2D eigenvalue weighted by atomic mass is 79.9. The molecule has 0 fully saturated rings. The number of halogens is 3. The zero-order valence-electron chi connectivity index (χ0n) is 11.5. The molecule has 1 aliphatic heterocycles. The second kappa shape index (κ2) is 6.31. The normalized spacial score (nSPS) is 13.0. The first-order valence-electron chi connectivity index (χ1n) is 6.68. The topological polar surface area (TPSA) is 21.3 Å². The minimum absolute atomic E-state index is 0.724. The average Bonchev–Trinajstić information content (AvgIpc) is 2.85. The molecule has 0 saturated carbocycles. The first-order valence-corrected chi connectivity index (χ1v) is 9.06. The molecular formula is C16H14Br3NO. The van der Waals surface area contributed by atoms with Crippen molar-refractivity contribution >= 4 is 53.5 Å². The van der Waals surface area contributed by atoms with Crippen LogP contribution in [0.25, 0.3) is 0 Å². The van der Waals surface area contributed by atoms with Crippen LogP contribution in [0, 0.1) is 6.92 Å². The molecule has 2 nitrogen and oxygen atoms in total. The Morgan fingerprint density at radius 1 is 1.10 bits per heavy atom. The third-order valence-corrected chi connectivity index (χ3v) is 5.18. The van der Waals surface area contributed by atoms with Crippen molar-refractivity contribution in [2.75, 3.05) is 11.9 Å². The van der Waals surface area contributed by atoms with Gasteiger partial charge in [0.1, 0.15) is 5.75 Å². The van der Waals surface area contributed by atoms with E-state index in [1.807, 2.05) is 0 Å². The van der Waals surface area contributed by atoms with E-state index in [1.54, 1.807) is 0 Å². The van der Waals surface area contributed by atoms with Gasteiger partial charge in [-0.1, -0.05) is 15.9 Å². The van der Waals surface area contributed by atoms with Gasteiger partial charge in [0.25, 0.3) is 0 Å². The van der Waals surface area contributed by atoms with Gasteiger partial charge in [0.2, 0.25) is 0 Å². The van der Waals surface area contributed by atoms with E-state index in [4.69, 9.17) is 4.74 Å². The van der Waals surface area contributed by atoms with Crippen LogP contribution in [0.1, 0.15) is 16.7 Å². The van der Waals surface area contributed by atoms with Crippen molar-refractivity contribution in [3.05, 3.63) is 54.4 Å². The van der Waals surface area contributed by atoms with Crippen LogP contribution in [-0.4, -0.2) is 6.61 Å². The summed E-state index contributed by atoms with van der Waals surface area (Å²) in [5.41, 5.74) is 4.73. The van der Waals surface area contributed by atoms with Gasteiger partial charge in [-0.15, -0.1) is 0 Å². The zero-order valence-corrected chi connectivity index (χ0v) is 16.2. The van der Waals surface area contributed by atoms with Gasteiger partial charge < -0.3 is 10.1 Å². The zero-order chi connectivity index (χ0) is 15.0. The fourth-order valence-electron chi connectivity index (χ4n) is 2.53. The SMILES string of the molecule is Cc1cc(Br)c(NCc2cc(Br)cc3c2OCC3)c(Br)c1. The Bertz CT molecular complexity index is 677. The lowest BCUT2D eigenvalue weighted by molar-refractivity contribution is 0.354. The quantitative estimate of drug-likeness (QED) is 0.603. The second-order valence-electron chi connectivity index (χ2n) is 5.11. The number of rotatable bonds is 3. The van der Waals surface area contributed by atoms with Crippen molar-refractivity contribution in [1.29, 1.82) is 0 Å². The molecule has 0 bridgehead atoms. The van der Waals surface area contributed by atoms with E-state index < -0.39 is 0 Å². The summed E-state index contributed by atoms with van der Waals surface area (Å²) in [4.78, 5) is 0. The van der Waals surface area contributed by atoms with E-state index in [-0.39, 0.29) is 0 Å². The van der Waals surface area contributed by atoms with E-state index in [9.17, 15) is 0 Å². The molecule has 1 heterocycles. The van der Waals surface area contributed by atoms with Crippen molar-refractivity contribution in [3.63, 3.8) is 0 Å². The summed E-state index contributed by atoms with van der Waals surface area (Å²) in [6, 6.07) is 8.47. The Kier molecular flexibility index (Phi) is 4.62. The molecule has 1 aliphatic rings. The summed E-state index contributed by atoms with van der Waals surface area (Å²) in [5.74, 6) is 1.03. The number of aryl methyl sites for hydroxylation is 1. The second-order valence-corrected chi connectivity index (χ2v) is 7.73. The van der Waals surface area contributed by atoms with E-state index >= 15 is 0 Å². The summed E-state index contributed by atoms with van der Waals surface area (Å²) in [7, 11) is 0. The Labute approximate surface area is 149 Å². The predicted molar refractivity (Wildman–Crippen MR) is 97.2 cm³/mol. The van der Waals surface area contributed by atoms with Crippen LogP contribution in [0.2, 0.25) is 0 Å². The number of fused-ring (bicyclic) bond motifs is 1. The van der Waals surface area contributed by atoms with Crippen molar-refractivity contribution in [3.8, 4) is 5.75 Å². The van der Waals surface area contributed by atoms with Gasteiger partial charge >= 0.3 is 0 Å². The Balaban J connectivity index is 1.86. The maximum Gasteiger partial charge on any atom is 0.127 e. The molecule has 110 valence electrons. The highest BCUT2D eigenvalue weighted by Crippen LogP contribution is 2.36. The molecule has 2 aromatic carbocycles. The maximum absolute atomic E-state index is 5.77. The van der Waals surface area contributed by atoms with Crippen LogP contribution in [0.5, 0.6) is 5.75 Å². The van der Waals surface area contributed by atoms with Crippen LogP contribution in [0.3, 0.4) is 0 Å². The van der Waals surface area contributed by atoms with Crippen molar-refractivity contribution < 1.29 is 4.74 Å². The van der Waals surface area contributed by atoms with Crippen molar-refractivity contribution in [2.24, 2.45) is 0 Å². The summed E-state index contributed by atoms with van der Waals surface area (Å²) in [5, 5.41) is 3.49.